The molecular formula is C21H26BrNO2. The minimum absolute atomic E-state index is 0. The predicted octanol–water partition coefficient (Wildman–Crippen LogP) is 1.88. The highest BCUT2D eigenvalue weighted by atomic mass is 79.9. The van der Waals surface area contributed by atoms with Crippen molar-refractivity contribution in [3.05, 3.63) is 42.0 Å². The first-order chi connectivity index (χ1) is 11.4. The lowest BCUT2D eigenvalue weighted by molar-refractivity contribution is -0.439. The molecule has 0 aliphatic carbocycles. The Kier molecular flexibility index (Phi) is 6.04. The lowest BCUT2D eigenvalue weighted by Gasteiger charge is -2.17. The van der Waals surface area contributed by atoms with Crippen LogP contribution in [0.5, 0.6) is 0 Å². The molecule has 25 heavy (non-hydrogen) atoms. The number of carboxylic acids is 1. The predicted molar refractivity (Wildman–Crippen MR) is 98.5 cm³/mol. The number of carboxylic acid groups (broad SMARTS) is 1. The lowest BCUT2D eigenvalue weighted by atomic mass is 9.80. The van der Waals surface area contributed by atoms with E-state index in [2.05, 4.69) is 61.7 Å². The van der Waals surface area contributed by atoms with Crippen molar-refractivity contribution in [3.63, 3.8) is 0 Å². The fourth-order valence-electron chi connectivity index (χ4n) is 3.85. The van der Waals surface area contributed by atoms with Crippen LogP contribution in [0.3, 0.4) is 0 Å². The zero-order chi connectivity index (χ0) is 17.3. The summed E-state index contributed by atoms with van der Waals surface area (Å²) in [7, 11) is 0. The van der Waals surface area contributed by atoms with E-state index in [0.29, 0.717) is 0 Å². The van der Waals surface area contributed by atoms with Crippen LogP contribution in [0.1, 0.15) is 52.0 Å². The van der Waals surface area contributed by atoms with Crippen molar-refractivity contribution >= 4 is 28.1 Å². The summed E-state index contributed by atoms with van der Waals surface area (Å²) in [6.45, 7) is 7.79. The van der Waals surface area contributed by atoms with Crippen molar-refractivity contribution in [1.29, 1.82) is 0 Å². The van der Waals surface area contributed by atoms with E-state index < -0.39 is 5.97 Å². The van der Waals surface area contributed by atoms with Crippen molar-refractivity contribution in [2.24, 2.45) is 0 Å². The van der Waals surface area contributed by atoms with Crippen molar-refractivity contribution in [2.75, 3.05) is 6.54 Å². The van der Waals surface area contributed by atoms with E-state index in [9.17, 15) is 4.79 Å². The van der Waals surface area contributed by atoms with E-state index >= 15 is 0 Å². The summed E-state index contributed by atoms with van der Waals surface area (Å²) >= 11 is 0. The minimum Gasteiger partial charge on any atom is -1.00 e. The zero-order valence-corrected chi connectivity index (χ0v) is 16.8. The zero-order valence-electron chi connectivity index (χ0n) is 15.2. The number of hydrogen-bond donors (Lipinski definition) is 1. The van der Waals surface area contributed by atoms with E-state index in [4.69, 9.17) is 5.11 Å². The van der Waals surface area contributed by atoms with Gasteiger partial charge in [-0.2, -0.15) is 4.58 Å². The van der Waals surface area contributed by atoms with Crippen molar-refractivity contribution in [3.8, 4) is 0 Å². The largest absolute Gasteiger partial charge is 1.00 e. The first kappa shape index (κ1) is 19.6. The highest BCUT2D eigenvalue weighted by Crippen LogP contribution is 2.43. The standard InChI is InChI=1S/C21H25NO2.BrH/c1-15-21(2,3)20-17-10-7-6-9-16(17)12-13-18(20)22(15)14-8-4-5-11-19(23)24;/h6-7,9-10,12-13H,4-5,8,11,14H2,1-3H3;1H. The van der Waals surface area contributed by atoms with Gasteiger partial charge in [0.25, 0.3) is 0 Å². The van der Waals surface area contributed by atoms with Gasteiger partial charge in [0.15, 0.2) is 5.71 Å². The molecule has 0 amide bonds. The quantitative estimate of drug-likeness (QED) is 0.590. The number of hydrogen-bond acceptors (Lipinski definition) is 1. The van der Waals surface area contributed by atoms with Crippen molar-refractivity contribution < 1.29 is 31.5 Å². The van der Waals surface area contributed by atoms with Crippen LogP contribution in [0.2, 0.25) is 0 Å². The number of nitrogens with zero attached hydrogens (tertiary/aromatic N) is 1. The molecule has 0 radical (unpaired) electrons. The van der Waals surface area contributed by atoms with Crippen molar-refractivity contribution in [2.45, 2.75) is 51.9 Å². The van der Waals surface area contributed by atoms with E-state index in [-0.39, 0.29) is 28.8 Å². The van der Waals surface area contributed by atoms with E-state index in [1.54, 1.807) is 0 Å². The highest BCUT2D eigenvalue weighted by Gasteiger charge is 2.43. The molecule has 0 saturated carbocycles. The maximum atomic E-state index is 10.6. The molecule has 1 aliphatic rings. The minimum atomic E-state index is -0.697. The van der Waals surface area contributed by atoms with Gasteiger partial charge in [-0.25, -0.2) is 0 Å². The number of unbranched alkanes of at least 4 members (excludes halogenated alkanes) is 2. The van der Waals surface area contributed by atoms with Gasteiger partial charge in [0.05, 0.1) is 5.41 Å². The molecule has 0 bridgehead atoms. The van der Waals surface area contributed by atoms with Gasteiger partial charge in [-0.15, -0.1) is 0 Å². The Hall–Kier alpha value is -1.68. The van der Waals surface area contributed by atoms with Gasteiger partial charge in [0, 0.05) is 31.4 Å². The summed E-state index contributed by atoms with van der Waals surface area (Å²) in [6.07, 6.45) is 3.01. The molecule has 3 rings (SSSR count). The maximum Gasteiger partial charge on any atom is 0.303 e. The Morgan fingerprint density at radius 3 is 2.52 bits per heavy atom. The third kappa shape index (κ3) is 3.64. The summed E-state index contributed by atoms with van der Waals surface area (Å²) < 4.78 is 2.43. The smallest absolute Gasteiger partial charge is 0.303 e. The van der Waals surface area contributed by atoms with Gasteiger partial charge < -0.3 is 22.1 Å². The average molecular weight is 404 g/mol. The molecule has 2 aromatic rings. The lowest BCUT2D eigenvalue weighted by Crippen LogP contribution is -3.00. The summed E-state index contributed by atoms with van der Waals surface area (Å²) in [5.74, 6) is -0.697. The number of carbonyl (C=O) groups is 1. The Bertz CT molecular complexity index is 824. The number of aliphatic carboxylic acids is 1. The average Bonchev–Trinajstić information content (AvgIpc) is 2.75. The van der Waals surface area contributed by atoms with Crippen LogP contribution < -0.4 is 17.0 Å². The van der Waals surface area contributed by atoms with Gasteiger partial charge in [-0.1, -0.05) is 24.3 Å². The van der Waals surface area contributed by atoms with Gasteiger partial charge >= 0.3 is 5.97 Å². The summed E-state index contributed by atoms with van der Waals surface area (Å²) in [6, 6.07) is 13.1. The number of benzene rings is 2. The van der Waals surface area contributed by atoms with Crippen LogP contribution in [0.15, 0.2) is 36.4 Å². The Balaban J connectivity index is 0.00000225. The second kappa shape index (κ2) is 7.69. The summed E-state index contributed by atoms with van der Waals surface area (Å²) in [5.41, 5.74) is 4.14. The van der Waals surface area contributed by atoms with Crippen LogP contribution in [0, 0.1) is 0 Å². The van der Waals surface area contributed by atoms with Crippen LogP contribution in [0.4, 0.5) is 5.69 Å². The number of halogens is 1. The Morgan fingerprint density at radius 2 is 1.80 bits per heavy atom. The molecule has 0 fully saturated rings. The second-order valence-corrected chi connectivity index (χ2v) is 7.25. The van der Waals surface area contributed by atoms with Crippen LogP contribution >= 0.6 is 0 Å². The first-order valence-corrected chi connectivity index (χ1v) is 8.78. The maximum absolute atomic E-state index is 10.6. The van der Waals surface area contributed by atoms with E-state index in [1.165, 1.54) is 27.7 Å². The third-order valence-electron chi connectivity index (χ3n) is 5.40. The molecule has 4 heteroatoms. The molecule has 3 nitrogen and oxygen atoms in total. The number of rotatable bonds is 6. The van der Waals surface area contributed by atoms with Gasteiger partial charge in [-0.3, -0.25) is 4.79 Å². The van der Waals surface area contributed by atoms with Crippen LogP contribution in [-0.2, 0) is 10.2 Å². The fraction of sp³-hybridized carbons (Fsp3) is 0.429. The molecule has 1 heterocycles. The number of fused-ring (bicyclic) bond motifs is 3. The Labute approximate surface area is 160 Å². The normalized spacial score (nSPS) is 15.2. The van der Waals surface area contributed by atoms with Gasteiger partial charge in [0.2, 0.25) is 5.69 Å². The molecule has 1 aliphatic heterocycles. The third-order valence-corrected chi connectivity index (χ3v) is 5.40. The molecule has 134 valence electrons. The topological polar surface area (TPSA) is 40.3 Å². The van der Waals surface area contributed by atoms with Crippen molar-refractivity contribution in [1.82, 2.24) is 0 Å². The molecule has 0 aromatic heterocycles. The molecule has 1 N–H and O–H groups in total. The first-order valence-electron chi connectivity index (χ1n) is 8.78. The summed E-state index contributed by atoms with van der Waals surface area (Å²) in [5, 5.41) is 11.4. The van der Waals surface area contributed by atoms with Crippen LogP contribution in [0.25, 0.3) is 10.8 Å². The Morgan fingerprint density at radius 1 is 1.08 bits per heavy atom. The molecule has 2 aromatic carbocycles. The van der Waals surface area contributed by atoms with Gasteiger partial charge in [-0.05, 0) is 43.5 Å². The molecule has 0 unspecified atom stereocenters. The fourth-order valence-corrected chi connectivity index (χ4v) is 3.85. The van der Waals surface area contributed by atoms with E-state index in [0.717, 1.165) is 25.8 Å². The molecular weight excluding hydrogens is 378 g/mol. The van der Waals surface area contributed by atoms with Crippen LogP contribution in [-0.4, -0.2) is 27.9 Å². The second-order valence-electron chi connectivity index (χ2n) is 7.25. The van der Waals surface area contributed by atoms with E-state index in [1.807, 2.05) is 0 Å². The summed E-state index contributed by atoms with van der Waals surface area (Å²) in [4.78, 5) is 10.6. The molecule has 0 atom stereocenters. The highest BCUT2D eigenvalue weighted by molar-refractivity contribution is 6.01. The monoisotopic (exact) mass is 403 g/mol. The SMILES string of the molecule is CC1=[N+](CCCCCC(=O)O)c2ccc3ccccc3c2C1(C)C.[Br-]. The van der Waals surface area contributed by atoms with Gasteiger partial charge in [0.1, 0.15) is 6.54 Å². The molecule has 0 saturated heterocycles. The molecule has 0 spiro atoms.